The number of aromatic carboxylic acids is 1. The third-order valence-corrected chi connectivity index (χ3v) is 5.92. The zero-order chi connectivity index (χ0) is 18.1. The van der Waals surface area contributed by atoms with Crippen LogP contribution in [0, 0.1) is 0 Å². The molecule has 0 saturated heterocycles. The number of nitrogens with zero attached hydrogens (tertiary/aromatic N) is 1. The van der Waals surface area contributed by atoms with Crippen molar-refractivity contribution < 1.29 is 23.1 Å². The summed E-state index contributed by atoms with van der Waals surface area (Å²) in [5.74, 6) is -2.00. The van der Waals surface area contributed by atoms with Crippen LogP contribution in [0.3, 0.4) is 0 Å². The van der Waals surface area contributed by atoms with E-state index in [2.05, 4.69) is 4.72 Å². The second-order valence-corrected chi connectivity index (χ2v) is 7.87. The van der Waals surface area contributed by atoms with Crippen molar-refractivity contribution in [2.45, 2.75) is 4.21 Å². The summed E-state index contributed by atoms with van der Waals surface area (Å²) in [5.41, 5.74) is 5.91. The summed E-state index contributed by atoms with van der Waals surface area (Å²) in [4.78, 5) is 24.2. The van der Waals surface area contributed by atoms with Crippen molar-refractivity contribution in [2.75, 3.05) is 23.7 Å². The topological polar surface area (TPSA) is 130 Å². The molecule has 0 atom stereocenters. The maximum atomic E-state index is 12.4. The number of amides is 1. The van der Waals surface area contributed by atoms with Gasteiger partial charge in [0.15, 0.2) is 0 Å². The third-order valence-electron chi connectivity index (χ3n) is 3.12. The number of nitrogens with two attached hydrogens (primary N) is 1. The number of primary amides is 1. The van der Waals surface area contributed by atoms with Crippen molar-refractivity contribution in [1.82, 2.24) is 0 Å². The molecule has 2 aromatic rings. The molecule has 2 rings (SSSR count). The van der Waals surface area contributed by atoms with Gasteiger partial charge in [0.2, 0.25) is 0 Å². The molecule has 24 heavy (non-hydrogen) atoms. The molecule has 4 N–H and O–H groups in total. The molecule has 1 aromatic carbocycles. The molecule has 0 bridgehead atoms. The van der Waals surface area contributed by atoms with Crippen molar-refractivity contribution in [3.8, 4) is 0 Å². The van der Waals surface area contributed by atoms with Gasteiger partial charge in [-0.05, 0) is 24.3 Å². The molecule has 1 amide bonds. The molecule has 10 heteroatoms. The van der Waals surface area contributed by atoms with Crippen LogP contribution >= 0.6 is 11.3 Å². The van der Waals surface area contributed by atoms with Gasteiger partial charge in [-0.25, -0.2) is 13.2 Å². The van der Waals surface area contributed by atoms with Gasteiger partial charge in [0.25, 0.3) is 15.9 Å². The van der Waals surface area contributed by atoms with E-state index in [1.165, 1.54) is 17.5 Å². The molecule has 0 spiro atoms. The summed E-state index contributed by atoms with van der Waals surface area (Å²) in [6.07, 6.45) is 0. The number of carbonyl (C=O) groups excluding carboxylic acids is 1. The molecule has 0 radical (unpaired) electrons. The zero-order valence-electron chi connectivity index (χ0n) is 12.8. The normalized spacial score (nSPS) is 11.1. The first kappa shape index (κ1) is 17.8. The van der Waals surface area contributed by atoms with Gasteiger partial charge in [0.1, 0.15) is 4.21 Å². The summed E-state index contributed by atoms with van der Waals surface area (Å²) in [6, 6.07) is 5.57. The number of carboxylic acids is 1. The lowest BCUT2D eigenvalue weighted by Crippen LogP contribution is -2.19. The number of sulfonamides is 1. The van der Waals surface area contributed by atoms with Gasteiger partial charge in [0.05, 0.1) is 16.8 Å². The van der Waals surface area contributed by atoms with Crippen molar-refractivity contribution in [2.24, 2.45) is 5.73 Å². The summed E-state index contributed by atoms with van der Waals surface area (Å²) in [6.45, 7) is 0. The Kier molecular flexibility index (Phi) is 4.81. The van der Waals surface area contributed by atoms with Gasteiger partial charge in [0, 0.05) is 25.2 Å². The molecular weight excluding hydrogens is 354 g/mol. The Morgan fingerprint density at radius 1 is 1.25 bits per heavy atom. The van der Waals surface area contributed by atoms with Crippen LogP contribution in [0.5, 0.6) is 0 Å². The minimum atomic E-state index is -4.03. The summed E-state index contributed by atoms with van der Waals surface area (Å²) in [7, 11) is -0.498. The van der Waals surface area contributed by atoms with Crippen molar-refractivity contribution >= 4 is 44.6 Å². The Morgan fingerprint density at radius 3 is 2.42 bits per heavy atom. The average molecular weight is 369 g/mol. The minimum Gasteiger partial charge on any atom is -0.478 e. The maximum absolute atomic E-state index is 12.4. The number of carbonyl (C=O) groups is 2. The van der Waals surface area contributed by atoms with E-state index in [1.54, 1.807) is 25.1 Å². The molecule has 0 aliphatic rings. The van der Waals surface area contributed by atoms with Gasteiger partial charge in [-0.1, -0.05) is 0 Å². The van der Waals surface area contributed by atoms with Crippen LogP contribution in [0.4, 0.5) is 11.4 Å². The molecule has 128 valence electrons. The van der Waals surface area contributed by atoms with Gasteiger partial charge in [-0.15, -0.1) is 11.3 Å². The van der Waals surface area contributed by atoms with E-state index >= 15 is 0 Å². The number of carboxylic acid groups (broad SMARTS) is 1. The molecule has 0 saturated carbocycles. The molecule has 0 aliphatic carbocycles. The smallest absolute Gasteiger partial charge is 0.336 e. The fourth-order valence-corrected chi connectivity index (χ4v) is 4.10. The van der Waals surface area contributed by atoms with Crippen molar-refractivity contribution in [3.05, 3.63) is 40.8 Å². The number of nitrogens with one attached hydrogen (secondary N) is 1. The number of rotatable bonds is 6. The van der Waals surface area contributed by atoms with Crippen LogP contribution in [0.1, 0.15) is 20.7 Å². The average Bonchev–Trinajstić information content (AvgIpc) is 2.97. The van der Waals surface area contributed by atoms with E-state index in [1.807, 2.05) is 0 Å². The van der Waals surface area contributed by atoms with E-state index in [0.29, 0.717) is 5.69 Å². The van der Waals surface area contributed by atoms with E-state index in [9.17, 15) is 18.0 Å². The van der Waals surface area contributed by atoms with Crippen LogP contribution in [0.15, 0.2) is 33.9 Å². The Labute approximate surface area is 142 Å². The quantitative estimate of drug-likeness (QED) is 0.706. The second-order valence-electron chi connectivity index (χ2n) is 5.05. The monoisotopic (exact) mass is 369 g/mol. The van der Waals surface area contributed by atoms with Gasteiger partial charge < -0.3 is 15.7 Å². The van der Waals surface area contributed by atoms with Gasteiger partial charge in [-0.2, -0.15) is 0 Å². The summed E-state index contributed by atoms with van der Waals surface area (Å²) >= 11 is 0.771. The first-order valence-electron chi connectivity index (χ1n) is 6.57. The Balaban J connectivity index is 2.41. The summed E-state index contributed by atoms with van der Waals surface area (Å²) < 4.78 is 26.8. The third kappa shape index (κ3) is 3.66. The molecule has 1 heterocycles. The van der Waals surface area contributed by atoms with E-state index < -0.39 is 21.9 Å². The summed E-state index contributed by atoms with van der Waals surface area (Å²) in [5, 5.41) is 10.1. The highest BCUT2D eigenvalue weighted by molar-refractivity contribution is 7.94. The van der Waals surface area contributed by atoms with Crippen LogP contribution in [-0.4, -0.2) is 39.5 Å². The van der Waals surface area contributed by atoms with Crippen LogP contribution in [0.2, 0.25) is 0 Å². The largest absolute Gasteiger partial charge is 0.478 e. The zero-order valence-corrected chi connectivity index (χ0v) is 14.4. The van der Waals surface area contributed by atoms with E-state index in [4.69, 9.17) is 10.8 Å². The highest BCUT2D eigenvalue weighted by atomic mass is 32.2. The molecule has 0 unspecified atom stereocenters. The highest BCUT2D eigenvalue weighted by Crippen LogP contribution is 2.27. The number of thiophene rings is 1. The Bertz CT molecular complexity index is 903. The lowest BCUT2D eigenvalue weighted by Gasteiger charge is -2.16. The SMILES string of the molecule is CN(C)c1ccc(NS(=O)(=O)c2cc(C(=O)O)cs2)c(C(N)=O)c1. The van der Waals surface area contributed by atoms with Crippen molar-refractivity contribution in [1.29, 1.82) is 0 Å². The predicted molar refractivity (Wildman–Crippen MR) is 91.4 cm³/mol. The van der Waals surface area contributed by atoms with Gasteiger partial charge in [-0.3, -0.25) is 9.52 Å². The number of anilines is 2. The second kappa shape index (κ2) is 6.49. The first-order chi connectivity index (χ1) is 11.1. The van der Waals surface area contributed by atoms with Crippen LogP contribution in [-0.2, 0) is 10.0 Å². The molecule has 0 fully saturated rings. The lowest BCUT2D eigenvalue weighted by molar-refractivity contribution is 0.0697. The fourth-order valence-electron chi connectivity index (χ4n) is 1.87. The number of hydrogen-bond donors (Lipinski definition) is 3. The molecule has 0 aliphatic heterocycles. The minimum absolute atomic E-state index is 0.0137. The maximum Gasteiger partial charge on any atom is 0.336 e. The van der Waals surface area contributed by atoms with E-state index in [0.717, 1.165) is 17.4 Å². The number of hydrogen-bond acceptors (Lipinski definition) is 6. The van der Waals surface area contributed by atoms with Crippen LogP contribution in [0.25, 0.3) is 0 Å². The fraction of sp³-hybridized carbons (Fsp3) is 0.143. The Hall–Kier alpha value is -2.59. The number of benzene rings is 1. The van der Waals surface area contributed by atoms with Crippen LogP contribution < -0.4 is 15.4 Å². The predicted octanol–water partition coefficient (Wildman–Crippen LogP) is 1.41. The standard InChI is InChI=1S/C14H15N3O5S2/c1-17(2)9-3-4-11(10(6-9)13(15)18)16-24(21,22)12-5-8(7-23-12)14(19)20/h3-7,16H,1-2H3,(H2,15,18)(H,19,20). The van der Waals surface area contributed by atoms with E-state index in [-0.39, 0.29) is 21.0 Å². The molecular formula is C14H15N3O5S2. The molecule has 8 nitrogen and oxygen atoms in total. The lowest BCUT2D eigenvalue weighted by atomic mass is 10.1. The first-order valence-corrected chi connectivity index (χ1v) is 8.94. The highest BCUT2D eigenvalue weighted by Gasteiger charge is 2.21. The van der Waals surface area contributed by atoms with Gasteiger partial charge >= 0.3 is 5.97 Å². The van der Waals surface area contributed by atoms with Crippen molar-refractivity contribution in [3.63, 3.8) is 0 Å². The Morgan fingerprint density at radius 2 is 1.92 bits per heavy atom. The molecule has 1 aromatic heterocycles.